The maximum Gasteiger partial charge on any atom is 0.0382 e. The molecule has 0 spiro atoms. The van der Waals surface area contributed by atoms with Crippen LogP contribution >= 0.6 is 11.3 Å². The fourth-order valence-electron chi connectivity index (χ4n) is 1.98. The second-order valence-electron chi connectivity index (χ2n) is 4.60. The molecule has 1 aliphatic carbocycles. The van der Waals surface area contributed by atoms with Crippen LogP contribution in [0.4, 0.5) is 0 Å². The molecule has 1 aliphatic rings. The maximum absolute atomic E-state index is 3.68. The molecule has 0 saturated heterocycles. The van der Waals surface area contributed by atoms with Gasteiger partial charge in [-0.05, 0) is 53.6 Å². The Bertz CT molecular complexity index is 275. The van der Waals surface area contributed by atoms with Crippen LogP contribution in [0.15, 0.2) is 16.8 Å². The van der Waals surface area contributed by atoms with Crippen molar-refractivity contribution in [1.29, 1.82) is 0 Å². The molecule has 1 unspecified atom stereocenters. The van der Waals surface area contributed by atoms with Gasteiger partial charge in [0.1, 0.15) is 0 Å². The van der Waals surface area contributed by atoms with E-state index in [2.05, 4.69) is 36.0 Å². The first kappa shape index (κ1) is 10.2. The summed E-state index contributed by atoms with van der Waals surface area (Å²) in [6.07, 6.45) is 3.98. The van der Waals surface area contributed by atoms with E-state index in [0.717, 1.165) is 6.54 Å². The van der Waals surface area contributed by atoms with E-state index in [4.69, 9.17) is 0 Å². The summed E-state index contributed by atoms with van der Waals surface area (Å²) in [4.78, 5) is 0. The number of rotatable bonds is 5. The molecule has 0 radical (unpaired) electrons. The number of hydrogen-bond acceptors (Lipinski definition) is 2. The largest absolute Gasteiger partial charge is 0.309 e. The van der Waals surface area contributed by atoms with E-state index in [1.807, 2.05) is 0 Å². The lowest BCUT2D eigenvalue weighted by atomic mass is 9.93. The van der Waals surface area contributed by atoms with Gasteiger partial charge in [0.2, 0.25) is 0 Å². The minimum absolute atomic E-state index is 0.538. The second kappa shape index (κ2) is 4.03. The molecule has 1 aromatic heterocycles. The fourth-order valence-corrected chi connectivity index (χ4v) is 2.67. The predicted molar refractivity (Wildman–Crippen MR) is 62.7 cm³/mol. The van der Waals surface area contributed by atoms with Gasteiger partial charge < -0.3 is 5.32 Å². The molecule has 0 aliphatic heterocycles. The second-order valence-corrected chi connectivity index (χ2v) is 5.38. The highest BCUT2D eigenvalue weighted by molar-refractivity contribution is 7.07. The molecule has 1 heterocycles. The molecule has 1 nitrogen and oxygen atoms in total. The average Bonchev–Trinajstić information content (AvgIpc) is 2.71. The molecule has 2 rings (SSSR count). The summed E-state index contributed by atoms with van der Waals surface area (Å²) in [5.41, 5.74) is 2.03. The third-order valence-corrected chi connectivity index (χ3v) is 3.91. The van der Waals surface area contributed by atoms with Crippen LogP contribution in [0.5, 0.6) is 0 Å². The quantitative estimate of drug-likeness (QED) is 0.781. The van der Waals surface area contributed by atoms with E-state index in [1.165, 1.54) is 24.8 Å². The highest BCUT2D eigenvalue weighted by atomic mass is 32.1. The first-order valence-corrected chi connectivity index (χ1v) is 6.46. The third kappa shape index (κ3) is 2.01. The molecule has 0 bridgehead atoms. The minimum Gasteiger partial charge on any atom is -0.309 e. The van der Waals surface area contributed by atoms with E-state index in [-0.39, 0.29) is 0 Å². The van der Waals surface area contributed by atoms with Gasteiger partial charge in [0.05, 0.1) is 0 Å². The zero-order valence-corrected chi connectivity index (χ0v) is 9.86. The standard InChI is InChI=1S/C12H19NS/c1-3-7-13-11(12(2)5-6-12)10-4-8-14-9-10/h4,8-9,11,13H,3,5-7H2,1-2H3. The van der Waals surface area contributed by atoms with Crippen LogP contribution in [-0.4, -0.2) is 6.54 Å². The van der Waals surface area contributed by atoms with E-state index in [1.54, 1.807) is 11.3 Å². The van der Waals surface area contributed by atoms with Crippen LogP contribution in [0.1, 0.15) is 44.7 Å². The van der Waals surface area contributed by atoms with Crippen molar-refractivity contribution >= 4 is 11.3 Å². The Labute approximate surface area is 90.5 Å². The normalized spacial score (nSPS) is 20.7. The SMILES string of the molecule is CCCNC(c1ccsc1)C1(C)CC1. The van der Waals surface area contributed by atoms with Gasteiger partial charge in [-0.15, -0.1) is 0 Å². The highest BCUT2D eigenvalue weighted by Crippen LogP contribution is 2.54. The molecule has 1 saturated carbocycles. The van der Waals surface area contributed by atoms with Crippen LogP contribution in [0.3, 0.4) is 0 Å². The van der Waals surface area contributed by atoms with Crippen LogP contribution in [-0.2, 0) is 0 Å². The Hall–Kier alpha value is -0.340. The Kier molecular flexibility index (Phi) is 2.93. The first-order chi connectivity index (χ1) is 6.76. The number of hydrogen-bond donors (Lipinski definition) is 1. The maximum atomic E-state index is 3.68. The lowest BCUT2D eigenvalue weighted by Crippen LogP contribution is -2.28. The zero-order valence-electron chi connectivity index (χ0n) is 9.05. The predicted octanol–water partition coefficient (Wildman–Crippen LogP) is 3.59. The molecule has 1 fully saturated rings. The lowest BCUT2D eigenvalue weighted by Gasteiger charge is -2.24. The van der Waals surface area contributed by atoms with Gasteiger partial charge in [-0.1, -0.05) is 13.8 Å². The summed E-state index contributed by atoms with van der Waals surface area (Å²) in [5.74, 6) is 0. The van der Waals surface area contributed by atoms with Crippen LogP contribution in [0.25, 0.3) is 0 Å². The van der Waals surface area contributed by atoms with Crippen molar-refractivity contribution in [1.82, 2.24) is 5.32 Å². The molecule has 1 N–H and O–H groups in total. The van der Waals surface area contributed by atoms with Crippen molar-refractivity contribution in [2.75, 3.05) is 6.54 Å². The van der Waals surface area contributed by atoms with Gasteiger partial charge in [0.15, 0.2) is 0 Å². The van der Waals surface area contributed by atoms with Crippen molar-refractivity contribution in [3.63, 3.8) is 0 Å². The molecular weight excluding hydrogens is 190 g/mol. The van der Waals surface area contributed by atoms with Crippen molar-refractivity contribution in [3.05, 3.63) is 22.4 Å². The van der Waals surface area contributed by atoms with Crippen LogP contribution < -0.4 is 5.32 Å². The number of nitrogens with one attached hydrogen (secondary N) is 1. The molecule has 14 heavy (non-hydrogen) atoms. The van der Waals surface area contributed by atoms with Gasteiger partial charge >= 0.3 is 0 Å². The monoisotopic (exact) mass is 209 g/mol. The zero-order chi connectivity index (χ0) is 10.0. The molecular formula is C12H19NS. The van der Waals surface area contributed by atoms with Gasteiger partial charge in [-0.2, -0.15) is 11.3 Å². The topological polar surface area (TPSA) is 12.0 Å². The summed E-state index contributed by atoms with van der Waals surface area (Å²) in [7, 11) is 0. The smallest absolute Gasteiger partial charge is 0.0382 e. The summed E-state index contributed by atoms with van der Waals surface area (Å²) < 4.78 is 0. The molecule has 78 valence electrons. The Morgan fingerprint density at radius 3 is 2.86 bits per heavy atom. The highest BCUT2D eigenvalue weighted by Gasteiger charge is 2.45. The van der Waals surface area contributed by atoms with E-state index >= 15 is 0 Å². The molecule has 0 aromatic carbocycles. The van der Waals surface area contributed by atoms with Crippen molar-refractivity contribution in [2.24, 2.45) is 5.41 Å². The van der Waals surface area contributed by atoms with Crippen molar-refractivity contribution in [3.8, 4) is 0 Å². The van der Waals surface area contributed by atoms with Gasteiger partial charge in [-0.25, -0.2) is 0 Å². The summed E-state index contributed by atoms with van der Waals surface area (Å²) in [6, 6.07) is 2.86. The van der Waals surface area contributed by atoms with Crippen LogP contribution in [0.2, 0.25) is 0 Å². The van der Waals surface area contributed by atoms with E-state index < -0.39 is 0 Å². The Morgan fingerprint density at radius 1 is 1.57 bits per heavy atom. The molecule has 1 aromatic rings. The van der Waals surface area contributed by atoms with E-state index in [0.29, 0.717) is 11.5 Å². The number of thiophene rings is 1. The van der Waals surface area contributed by atoms with Gasteiger partial charge in [0, 0.05) is 6.04 Å². The Morgan fingerprint density at radius 2 is 2.36 bits per heavy atom. The van der Waals surface area contributed by atoms with E-state index in [9.17, 15) is 0 Å². The first-order valence-electron chi connectivity index (χ1n) is 5.52. The Balaban J connectivity index is 2.07. The van der Waals surface area contributed by atoms with Gasteiger partial charge in [-0.3, -0.25) is 0 Å². The summed E-state index contributed by atoms with van der Waals surface area (Å²) >= 11 is 1.81. The van der Waals surface area contributed by atoms with Gasteiger partial charge in [0.25, 0.3) is 0 Å². The molecule has 0 amide bonds. The molecule has 2 heteroatoms. The van der Waals surface area contributed by atoms with Crippen molar-refractivity contribution in [2.45, 2.75) is 39.2 Å². The summed E-state index contributed by atoms with van der Waals surface area (Å²) in [5, 5.41) is 8.15. The summed E-state index contributed by atoms with van der Waals surface area (Å²) in [6.45, 7) is 5.76. The average molecular weight is 209 g/mol. The fraction of sp³-hybridized carbons (Fsp3) is 0.667. The van der Waals surface area contributed by atoms with Crippen LogP contribution in [0, 0.1) is 5.41 Å². The minimum atomic E-state index is 0.538. The lowest BCUT2D eigenvalue weighted by molar-refractivity contribution is 0.367. The molecule has 1 atom stereocenters. The third-order valence-electron chi connectivity index (χ3n) is 3.21. The van der Waals surface area contributed by atoms with Crippen molar-refractivity contribution < 1.29 is 0 Å².